The summed E-state index contributed by atoms with van der Waals surface area (Å²) in [5.74, 6) is 0.804. The molecule has 4 nitrogen and oxygen atoms in total. The average molecular weight is 257 g/mol. The molecular formula is C12H17ClN2O2. The molecule has 1 aliphatic heterocycles. The number of aliphatic hydroxyl groups excluding tert-OH is 1. The zero-order valence-electron chi connectivity index (χ0n) is 9.90. The highest BCUT2D eigenvalue weighted by Crippen LogP contribution is 2.27. The molecule has 1 aromatic rings. The zero-order chi connectivity index (χ0) is 12.3. The summed E-state index contributed by atoms with van der Waals surface area (Å²) in [4.78, 5) is 6.48. The van der Waals surface area contributed by atoms with Crippen molar-refractivity contribution < 1.29 is 9.84 Å². The molecule has 1 saturated heterocycles. The van der Waals surface area contributed by atoms with Gasteiger partial charge in [-0.1, -0.05) is 11.6 Å². The molecule has 0 aliphatic carbocycles. The second-order valence-corrected chi connectivity index (χ2v) is 4.64. The maximum Gasteiger partial charge on any atom is 0.147 e. The van der Waals surface area contributed by atoms with Crippen molar-refractivity contribution in [3.8, 4) is 0 Å². The lowest BCUT2D eigenvalue weighted by Gasteiger charge is -2.32. The molecule has 0 saturated carbocycles. The number of hydrogen-bond donors (Lipinski definition) is 1. The number of rotatable bonds is 3. The maximum absolute atomic E-state index is 9.00. The Kier molecular flexibility index (Phi) is 4.20. The van der Waals surface area contributed by atoms with Gasteiger partial charge in [0.2, 0.25) is 0 Å². The summed E-state index contributed by atoms with van der Waals surface area (Å²) in [6.07, 6.45) is 4.01. The van der Waals surface area contributed by atoms with E-state index in [1.165, 1.54) is 0 Å². The van der Waals surface area contributed by atoms with E-state index < -0.39 is 0 Å². The van der Waals surface area contributed by atoms with E-state index >= 15 is 0 Å². The van der Waals surface area contributed by atoms with Crippen LogP contribution in [0.15, 0.2) is 12.3 Å². The van der Waals surface area contributed by atoms with Crippen molar-refractivity contribution in [1.29, 1.82) is 0 Å². The third kappa shape index (κ3) is 2.89. The smallest absolute Gasteiger partial charge is 0.147 e. The molecule has 1 aliphatic rings. The Morgan fingerprint density at radius 2 is 2.24 bits per heavy atom. The molecule has 0 aromatic carbocycles. The van der Waals surface area contributed by atoms with E-state index in [0.717, 1.165) is 37.3 Å². The number of nitrogens with zero attached hydrogens (tertiary/aromatic N) is 2. The van der Waals surface area contributed by atoms with Gasteiger partial charge in [0.05, 0.1) is 17.7 Å². The quantitative estimate of drug-likeness (QED) is 0.897. The van der Waals surface area contributed by atoms with E-state index in [-0.39, 0.29) is 6.61 Å². The van der Waals surface area contributed by atoms with E-state index in [0.29, 0.717) is 11.1 Å². The minimum atomic E-state index is -0.0290. The molecule has 0 bridgehead atoms. The molecule has 1 fully saturated rings. The number of halogens is 1. The Balaban J connectivity index is 2.08. The Bertz CT molecular complexity index is 379. The van der Waals surface area contributed by atoms with Crippen molar-refractivity contribution >= 4 is 17.4 Å². The third-order valence-corrected chi connectivity index (χ3v) is 3.41. The van der Waals surface area contributed by atoms with Crippen molar-refractivity contribution in [3.63, 3.8) is 0 Å². The molecule has 0 spiro atoms. The largest absolute Gasteiger partial charge is 0.392 e. The van der Waals surface area contributed by atoms with Gasteiger partial charge in [-0.15, -0.1) is 0 Å². The summed E-state index contributed by atoms with van der Waals surface area (Å²) in [6, 6.07) is 1.77. The van der Waals surface area contributed by atoms with Gasteiger partial charge in [0.1, 0.15) is 5.82 Å². The average Bonchev–Trinajstić information content (AvgIpc) is 2.39. The van der Waals surface area contributed by atoms with Crippen LogP contribution in [0, 0.1) is 0 Å². The predicted molar refractivity (Wildman–Crippen MR) is 67.4 cm³/mol. The maximum atomic E-state index is 9.00. The first kappa shape index (κ1) is 12.6. The molecule has 1 aromatic heterocycles. The number of hydrogen-bond acceptors (Lipinski definition) is 4. The molecule has 0 unspecified atom stereocenters. The lowest BCUT2D eigenvalue weighted by molar-refractivity contribution is 0.0818. The molecule has 0 radical (unpaired) electrons. The van der Waals surface area contributed by atoms with Crippen molar-refractivity contribution in [2.75, 3.05) is 25.1 Å². The van der Waals surface area contributed by atoms with Crippen molar-refractivity contribution in [3.05, 3.63) is 22.8 Å². The first-order chi connectivity index (χ1) is 8.24. The van der Waals surface area contributed by atoms with E-state index in [1.807, 2.05) is 0 Å². The molecule has 94 valence electrons. The summed E-state index contributed by atoms with van der Waals surface area (Å²) in [6.45, 7) is 1.78. The van der Waals surface area contributed by atoms with Gasteiger partial charge >= 0.3 is 0 Å². The van der Waals surface area contributed by atoms with Crippen LogP contribution in [-0.4, -0.2) is 36.4 Å². The first-order valence-electron chi connectivity index (χ1n) is 5.77. The van der Waals surface area contributed by atoms with E-state index in [1.54, 1.807) is 19.4 Å². The third-order valence-electron chi connectivity index (χ3n) is 3.14. The van der Waals surface area contributed by atoms with Gasteiger partial charge in [0.25, 0.3) is 0 Å². The van der Waals surface area contributed by atoms with Crippen molar-refractivity contribution in [2.45, 2.75) is 25.6 Å². The highest BCUT2D eigenvalue weighted by molar-refractivity contribution is 6.33. The van der Waals surface area contributed by atoms with Crippen LogP contribution < -0.4 is 4.90 Å². The van der Waals surface area contributed by atoms with Crippen LogP contribution in [-0.2, 0) is 11.3 Å². The first-order valence-corrected chi connectivity index (χ1v) is 6.15. The normalized spacial score (nSPS) is 17.5. The summed E-state index contributed by atoms with van der Waals surface area (Å²) in [5, 5.41) is 9.61. The van der Waals surface area contributed by atoms with E-state index in [2.05, 4.69) is 9.88 Å². The monoisotopic (exact) mass is 256 g/mol. The standard InChI is InChI=1S/C12H17ClN2O2/c1-17-10-2-4-15(5-3-10)12-11(13)6-9(8-16)7-14-12/h6-7,10,16H,2-5,8H2,1H3. The zero-order valence-corrected chi connectivity index (χ0v) is 10.7. The lowest BCUT2D eigenvalue weighted by atomic mass is 10.1. The second kappa shape index (κ2) is 5.67. The molecule has 2 heterocycles. The van der Waals surface area contributed by atoms with Crippen LogP contribution in [0.3, 0.4) is 0 Å². The van der Waals surface area contributed by atoms with Gasteiger partial charge in [0.15, 0.2) is 0 Å². The van der Waals surface area contributed by atoms with Gasteiger partial charge in [-0.05, 0) is 24.5 Å². The van der Waals surface area contributed by atoms with Crippen LogP contribution in [0.5, 0.6) is 0 Å². The topological polar surface area (TPSA) is 45.6 Å². The SMILES string of the molecule is COC1CCN(c2ncc(CO)cc2Cl)CC1. The number of pyridine rings is 1. The number of piperidine rings is 1. The molecule has 1 N–H and O–H groups in total. The minimum absolute atomic E-state index is 0.0290. The number of aliphatic hydroxyl groups is 1. The number of methoxy groups -OCH3 is 1. The van der Waals surface area contributed by atoms with Crippen LogP contribution in [0.25, 0.3) is 0 Å². The summed E-state index contributed by atoms with van der Waals surface area (Å²) in [5.41, 5.74) is 0.741. The predicted octanol–water partition coefficient (Wildman–Crippen LogP) is 1.84. The van der Waals surface area contributed by atoms with Gasteiger partial charge in [-0.2, -0.15) is 0 Å². The Morgan fingerprint density at radius 3 is 2.76 bits per heavy atom. The Morgan fingerprint density at radius 1 is 1.53 bits per heavy atom. The van der Waals surface area contributed by atoms with Gasteiger partial charge < -0.3 is 14.7 Å². The Hall–Kier alpha value is -0.840. The van der Waals surface area contributed by atoms with Gasteiger partial charge in [-0.25, -0.2) is 4.98 Å². The Labute approximate surface area is 106 Å². The number of anilines is 1. The van der Waals surface area contributed by atoms with Crippen molar-refractivity contribution in [1.82, 2.24) is 4.98 Å². The molecule has 5 heteroatoms. The van der Waals surface area contributed by atoms with Crippen molar-refractivity contribution in [2.24, 2.45) is 0 Å². The van der Waals surface area contributed by atoms with Gasteiger partial charge in [0, 0.05) is 26.4 Å². The van der Waals surface area contributed by atoms with Crippen LogP contribution >= 0.6 is 11.6 Å². The fourth-order valence-electron chi connectivity index (χ4n) is 2.09. The van der Waals surface area contributed by atoms with Crippen LogP contribution in [0.4, 0.5) is 5.82 Å². The summed E-state index contributed by atoms with van der Waals surface area (Å²) in [7, 11) is 1.75. The fraction of sp³-hybridized carbons (Fsp3) is 0.583. The van der Waals surface area contributed by atoms with Crippen LogP contribution in [0.2, 0.25) is 5.02 Å². The summed E-state index contributed by atoms with van der Waals surface area (Å²) < 4.78 is 5.33. The van der Waals surface area contributed by atoms with Crippen LogP contribution in [0.1, 0.15) is 18.4 Å². The second-order valence-electron chi connectivity index (χ2n) is 4.23. The molecule has 2 rings (SSSR count). The molecular weight excluding hydrogens is 240 g/mol. The molecule has 0 atom stereocenters. The van der Waals surface area contributed by atoms with E-state index in [9.17, 15) is 0 Å². The minimum Gasteiger partial charge on any atom is -0.392 e. The number of ether oxygens (including phenoxy) is 1. The van der Waals surface area contributed by atoms with E-state index in [4.69, 9.17) is 21.4 Å². The fourth-order valence-corrected chi connectivity index (χ4v) is 2.40. The highest BCUT2D eigenvalue weighted by Gasteiger charge is 2.21. The van der Waals surface area contributed by atoms with Gasteiger partial charge in [-0.3, -0.25) is 0 Å². The summed E-state index contributed by atoms with van der Waals surface area (Å²) >= 11 is 6.17. The molecule has 17 heavy (non-hydrogen) atoms. The lowest BCUT2D eigenvalue weighted by Crippen LogP contribution is -2.37. The highest BCUT2D eigenvalue weighted by atomic mass is 35.5. The molecule has 0 amide bonds. The number of aromatic nitrogens is 1.